The third kappa shape index (κ3) is 4.75. The molecular weight excluding hydrogens is 332 g/mol. The number of alkyl halides is 2. The van der Waals surface area contributed by atoms with Gasteiger partial charge in [-0.1, -0.05) is 18.2 Å². The Morgan fingerprint density at radius 2 is 1.96 bits per heavy atom. The highest BCUT2D eigenvalue weighted by molar-refractivity contribution is 5.94. The summed E-state index contributed by atoms with van der Waals surface area (Å²) in [7, 11) is 0. The molecule has 1 amide bonds. The van der Waals surface area contributed by atoms with Gasteiger partial charge in [0.25, 0.3) is 0 Å². The molecule has 0 bridgehead atoms. The van der Waals surface area contributed by atoms with E-state index in [4.69, 9.17) is 9.47 Å². The van der Waals surface area contributed by atoms with Crippen molar-refractivity contribution >= 4 is 11.9 Å². The van der Waals surface area contributed by atoms with E-state index < -0.39 is 23.7 Å². The van der Waals surface area contributed by atoms with Gasteiger partial charge in [0.05, 0.1) is 13.2 Å². The van der Waals surface area contributed by atoms with E-state index >= 15 is 0 Å². The Morgan fingerprint density at radius 1 is 1.28 bits per heavy atom. The predicted molar refractivity (Wildman–Crippen MR) is 87.9 cm³/mol. The monoisotopic (exact) mass is 355 g/mol. The van der Waals surface area contributed by atoms with E-state index in [1.165, 1.54) is 30.0 Å². The fourth-order valence-electron chi connectivity index (χ4n) is 2.49. The van der Waals surface area contributed by atoms with E-state index in [1.807, 2.05) is 0 Å². The molecule has 1 aromatic carbocycles. The van der Waals surface area contributed by atoms with E-state index in [1.54, 1.807) is 20.8 Å². The van der Waals surface area contributed by atoms with E-state index in [0.29, 0.717) is 0 Å². The lowest BCUT2D eigenvalue weighted by atomic mass is 9.98. The van der Waals surface area contributed by atoms with Crippen LogP contribution in [0, 0.1) is 0 Å². The lowest BCUT2D eigenvalue weighted by molar-refractivity contribution is -0.170. The van der Waals surface area contributed by atoms with E-state index in [0.717, 1.165) is 6.07 Å². The largest absolute Gasteiger partial charge is 0.444 e. The van der Waals surface area contributed by atoms with Gasteiger partial charge in [0, 0.05) is 17.7 Å². The van der Waals surface area contributed by atoms with Gasteiger partial charge in [-0.2, -0.15) is 8.78 Å². The van der Waals surface area contributed by atoms with Crippen LogP contribution in [0.3, 0.4) is 0 Å². The Hall–Kier alpha value is -2.02. The first-order valence-corrected chi connectivity index (χ1v) is 8.09. The number of ketones is 1. The van der Waals surface area contributed by atoms with Crippen LogP contribution in [-0.4, -0.2) is 48.2 Å². The van der Waals surface area contributed by atoms with Gasteiger partial charge < -0.3 is 14.4 Å². The highest BCUT2D eigenvalue weighted by Gasteiger charge is 2.46. The minimum absolute atomic E-state index is 0.00804. The maximum absolute atomic E-state index is 14.8. The van der Waals surface area contributed by atoms with Gasteiger partial charge >= 0.3 is 12.0 Å². The van der Waals surface area contributed by atoms with Crippen molar-refractivity contribution < 1.29 is 27.8 Å². The average Bonchev–Trinajstić information content (AvgIpc) is 2.53. The summed E-state index contributed by atoms with van der Waals surface area (Å²) in [4.78, 5) is 24.8. The van der Waals surface area contributed by atoms with Gasteiger partial charge in [0.1, 0.15) is 11.7 Å². The second kappa shape index (κ2) is 7.07. The zero-order valence-electron chi connectivity index (χ0n) is 14.8. The molecule has 1 fully saturated rings. The number of ether oxygens (including phenoxy) is 2. The number of carbonyl (C=O) groups is 2. The van der Waals surface area contributed by atoms with Gasteiger partial charge in [0.2, 0.25) is 0 Å². The number of hydrogen-bond acceptors (Lipinski definition) is 4. The molecule has 1 heterocycles. The molecule has 0 aliphatic carbocycles. The minimum Gasteiger partial charge on any atom is -0.444 e. The quantitative estimate of drug-likeness (QED) is 0.777. The highest BCUT2D eigenvalue weighted by atomic mass is 19.3. The molecule has 0 radical (unpaired) electrons. The van der Waals surface area contributed by atoms with Crippen molar-refractivity contribution in [3.8, 4) is 0 Å². The molecule has 138 valence electrons. The van der Waals surface area contributed by atoms with Crippen molar-refractivity contribution in [3.05, 3.63) is 35.4 Å². The van der Waals surface area contributed by atoms with Crippen LogP contribution < -0.4 is 0 Å². The molecule has 1 aliphatic heterocycles. The number of benzene rings is 1. The van der Waals surface area contributed by atoms with Crippen LogP contribution in [0.15, 0.2) is 24.3 Å². The van der Waals surface area contributed by atoms with Crippen molar-refractivity contribution in [2.24, 2.45) is 0 Å². The molecule has 0 spiro atoms. The van der Waals surface area contributed by atoms with E-state index in [2.05, 4.69) is 0 Å². The number of amides is 1. The van der Waals surface area contributed by atoms with Crippen LogP contribution in [0.5, 0.6) is 0 Å². The summed E-state index contributed by atoms with van der Waals surface area (Å²) in [6, 6.07) is 5.31. The van der Waals surface area contributed by atoms with Crippen LogP contribution in [0.4, 0.5) is 13.6 Å². The second-order valence-electron chi connectivity index (χ2n) is 7.05. The predicted octanol–water partition coefficient (Wildman–Crippen LogP) is 3.62. The summed E-state index contributed by atoms with van der Waals surface area (Å²) >= 11 is 0. The number of carbonyl (C=O) groups excluding carboxylic acids is 2. The number of nitrogens with zero attached hydrogens (tertiary/aromatic N) is 1. The van der Waals surface area contributed by atoms with Gasteiger partial charge in [-0.15, -0.1) is 0 Å². The Kier molecular flexibility index (Phi) is 5.46. The fraction of sp³-hybridized carbons (Fsp3) is 0.556. The smallest absolute Gasteiger partial charge is 0.410 e. The molecule has 2 rings (SSSR count). The van der Waals surface area contributed by atoms with Gasteiger partial charge in [-0.05, 0) is 33.8 Å². The van der Waals surface area contributed by atoms with Gasteiger partial charge in [-0.3, -0.25) is 4.79 Å². The minimum atomic E-state index is -3.34. The fourth-order valence-corrected chi connectivity index (χ4v) is 2.49. The molecule has 5 nitrogen and oxygen atoms in total. The third-order valence-corrected chi connectivity index (χ3v) is 3.78. The normalized spacial score (nSPS) is 18.8. The van der Waals surface area contributed by atoms with Crippen molar-refractivity contribution in [1.82, 2.24) is 4.90 Å². The molecule has 0 aromatic heterocycles. The lowest BCUT2D eigenvalue weighted by Crippen LogP contribution is -2.52. The molecule has 1 saturated heterocycles. The van der Waals surface area contributed by atoms with Gasteiger partial charge in [0.15, 0.2) is 5.78 Å². The van der Waals surface area contributed by atoms with Gasteiger partial charge in [-0.25, -0.2) is 4.79 Å². The third-order valence-electron chi connectivity index (χ3n) is 3.78. The Morgan fingerprint density at radius 3 is 2.56 bits per heavy atom. The molecule has 7 heteroatoms. The summed E-state index contributed by atoms with van der Waals surface area (Å²) in [5.74, 6) is -3.64. The number of hydrogen-bond donors (Lipinski definition) is 0. The molecule has 0 saturated carbocycles. The number of morpholine rings is 1. The van der Waals surface area contributed by atoms with E-state index in [9.17, 15) is 18.4 Å². The van der Waals surface area contributed by atoms with Crippen molar-refractivity contribution in [3.63, 3.8) is 0 Å². The average molecular weight is 355 g/mol. The standard InChI is InChI=1S/C18H23F2NO4/c1-12(22)13-6-5-7-14(10-13)18(19,20)15-11-21(8-9-24-15)16(23)25-17(2,3)4/h5-7,10,15H,8-9,11H2,1-4H3. The highest BCUT2D eigenvalue weighted by Crippen LogP contribution is 2.35. The van der Waals surface area contributed by atoms with Crippen LogP contribution >= 0.6 is 0 Å². The Labute approximate surface area is 145 Å². The van der Waals surface area contributed by atoms with Crippen LogP contribution in [-0.2, 0) is 15.4 Å². The Balaban J connectivity index is 2.17. The molecule has 0 N–H and O–H groups in total. The number of rotatable bonds is 3. The van der Waals surface area contributed by atoms with Crippen LogP contribution in [0.1, 0.15) is 43.6 Å². The Bertz CT molecular complexity index is 655. The first-order chi connectivity index (χ1) is 11.5. The van der Waals surface area contributed by atoms with Crippen LogP contribution in [0.25, 0.3) is 0 Å². The first kappa shape index (κ1) is 19.3. The van der Waals surface area contributed by atoms with Crippen molar-refractivity contribution in [2.75, 3.05) is 19.7 Å². The summed E-state index contributed by atoms with van der Waals surface area (Å²) in [6.07, 6.45) is -2.15. The first-order valence-electron chi connectivity index (χ1n) is 8.09. The molecule has 1 aliphatic rings. The SMILES string of the molecule is CC(=O)c1cccc(C(F)(F)C2CN(C(=O)OC(C)(C)C)CCO2)c1. The molecule has 1 aromatic rings. The zero-order chi connectivity index (χ0) is 18.8. The maximum atomic E-state index is 14.8. The lowest BCUT2D eigenvalue weighted by Gasteiger charge is -2.37. The molecular formula is C18H23F2NO4. The number of Topliss-reactive ketones (excluding diaryl/α,β-unsaturated/α-hetero) is 1. The zero-order valence-corrected chi connectivity index (χ0v) is 14.8. The maximum Gasteiger partial charge on any atom is 0.410 e. The summed E-state index contributed by atoms with van der Waals surface area (Å²) in [6.45, 7) is 6.35. The van der Waals surface area contributed by atoms with E-state index in [-0.39, 0.29) is 36.6 Å². The summed E-state index contributed by atoms with van der Waals surface area (Å²) in [5.41, 5.74) is -0.809. The molecule has 1 unspecified atom stereocenters. The number of halogens is 2. The second-order valence-corrected chi connectivity index (χ2v) is 7.05. The van der Waals surface area contributed by atoms with Crippen LogP contribution in [0.2, 0.25) is 0 Å². The summed E-state index contributed by atoms with van der Waals surface area (Å²) in [5, 5.41) is 0. The molecule has 25 heavy (non-hydrogen) atoms. The topological polar surface area (TPSA) is 55.8 Å². The molecule has 1 atom stereocenters. The summed E-state index contributed by atoms with van der Waals surface area (Å²) < 4.78 is 40.1. The van der Waals surface area contributed by atoms with Crippen molar-refractivity contribution in [2.45, 2.75) is 45.3 Å². The van der Waals surface area contributed by atoms with Crippen molar-refractivity contribution in [1.29, 1.82) is 0 Å².